The lowest BCUT2D eigenvalue weighted by Gasteiger charge is -2.47. The molecule has 0 spiro atoms. The van der Waals surface area contributed by atoms with E-state index in [0.717, 1.165) is 25.1 Å². The maximum Gasteiger partial charge on any atom is 0.416 e. The van der Waals surface area contributed by atoms with Crippen molar-refractivity contribution >= 4 is 17.8 Å². The molecule has 1 atom stereocenters. The van der Waals surface area contributed by atoms with E-state index in [1.807, 2.05) is 46.7 Å². The van der Waals surface area contributed by atoms with Crippen LogP contribution in [-0.4, -0.2) is 77.9 Å². The van der Waals surface area contributed by atoms with Crippen LogP contribution in [0.1, 0.15) is 80.9 Å². The van der Waals surface area contributed by atoms with Gasteiger partial charge in [-0.1, -0.05) is 39.3 Å². The topological polar surface area (TPSA) is 93.2 Å². The number of likely N-dealkylation sites (tertiary alicyclic amines) is 1. The summed E-state index contributed by atoms with van der Waals surface area (Å²) >= 11 is 0. The normalized spacial score (nSPS) is 14.8. The van der Waals surface area contributed by atoms with Crippen LogP contribution in [0.4, 0.5) is 18.0 Å². The second-order valence-corrected chi connectivity index (χ2v) is 11.0. The average Bonchev–Trinajstić information content (AvgIpc) is 2.97. The number of β-lactam (4-membered cyclic amide) rings is 1. The number of urea groups is 1. The summed E-state index contributed by atoms with van der Waals surface area (Å²) in [4.78, 5) is 42.0. The molecule has 0 saturated carbocycles. The predicted molar refractivity (Wildman–Crippen MR) is 161 cm³/mol. The van der Waals surface area contributed by atoms with Gasteiger partial charge >= 0.3 is 12.2 Å². The quantitative estimate of drug-likeness (QED) is 0.292. The Morgan fingerprint density at radius 3 is 2.00 bits per heavy atom. The number of nitrogens with one attached hydrogen (secondary N) is 1. The molecule has 43 heavy (non-hydrogen) atoms. The molecule has 11 heteroatoms. The number of carbonyl (C=O) groups is 3. The molecule has 1 saturated heterocycles. The van der Waals surface area contributed by atoms with Crippen molar-refractivity contribution in [3.63, 3.8) is 0 Å². The average molecular weight is 607 g/mol. The Bertz CT molecular complexity index is 1200. The van der Waals surface area contributed by atoms with Crippen LogP contribution >= 0.6 is 0 Å². The zero-order valence-electron chi connectivity index (χ0n) is 26.0. The second-order valence-electron chi connectivity index (χ2n) is 11.0. The minimum absolute atomic E-state index is 0.00866. The maximum absolute atomic E-state index is 12.7. The van der Waals surface area contributed by atoms with Crippen LogP contribution in [-0.2, 0) is 11.0 Å². The number of hydrogen-bond donors (Lipinski definition) is 2. The molecule has 0 bridgehead atoms. The minimum atomic E-state index is -4.39. The predicted octanol–water partition coefficient (Wildman–Crippen LogP) is 6.32. The maximum atomic E-state index is 12.7. The Hall–Kier alpha value is -3.60. The van der Waals surface area contributed by atoms with Crippen molar-refractivity contribution in [1.29, 1.82) is 0 Å². The van der Waals surface area contributed by atoms with Crippen LogP contribution in [0.2, 0.25) is 0 Å². The highest BCUT2D eigenvalue weighted by Gasteiger charge is 2.52. The largest absolute Gasteiger partial charge is 0.508 e. The van der Waals surface area contributed by atoms with Crippen molar-refractivity contribution < 1.29 is 32.7 Å². The third-order valence-electron chi connectivity index (χ3n) is 7.87. The number of alkyl halides is 3. The fourth-order valence-corrected chi connectivity index (χ4v) is 4.83. The van der Waals surface area contributed by atoms with E-state index in [2.05, 4.69) is 5.32 Å². The van der Waals surface area contributed by atoms with Gasteiger partial charge in [-0.15, -0.1) is 0 Å². The third-order valence-corrected chi connectivity index (χ3v) is 7.87. The molecular formula is C32H45F3N4O4. The van der Waals surface area contributed by atoms with Gasteiger partial charge in [0.2, 0.25) is 5.91 Å². The number of hydrogen-bond acceptors (Lipinski definition) is 5. The zero-order chi connectivity index (χ0) is 32.4. The molecule has 4 amide bonds. The Kier molecular flexibility index (Phi) is 13.0. The molecule has 1 heterocycles. The molecular weight excluding hydrogens is 561 g/mol. The van der Waals surface area contributed by atoms with Crippen molar-refractivity contribution in [1.82, 2.24) is 20.0 Å². The van der Waals surface area contributed by atoms with Crippen molar-refractivity contribution in [3.05, 3.63) is 65.2 Å². The number of phenols is 1. The van der Waals surface area contributed by atoms with E-state index in [-0.39, 0.29) is 17.6 Å². The minimum Gasteiger partial charge on any atom is -0.508 e. The summed E-state index contributed by atoms with van der Waals surface area (Å²) in [5.74, 6) is 0.00917. The van der Waals surface area contributed by atoms with Gasteiger partial charge in [0.15, 0.2) is 0 Å². The number of benzene rings is 2. The Morgan fingerprint density at radius 2 is 1.56 bits per heavy atom. The SMILES string of the molecule is CCCC(NC(=O)N1CC(CC)(CC)C1=O)c1ccc(C(F)(F)F)cc1.CCN(CCN(C)C)C(=O)c1ccc(O)cc1. The number of likely N-dealkylation sites (N-methyl/N-ethyl adjacent to an activating group) is 2. The van der Waals surface area contributed by atoms with Gasteiger partial charge in [0.25, 0.3) is 5.91 Å². The molecule has 0 aromatic heterocycles. The van der Waals surface area contributed by atoms with Gasteiger partial charge in [0.1, 0.15) is 5.75 Å². The first-order valence-corrected chi connectivity index (χ1v) is 14.8. The summed E-state index contributed by atoms with van der Waals surface area (Å²) in [6.45, 7) is 10.4. The van der Waals surface area contributed by atoms with Crippen LogP contribution in [0.15, 0.2) is 48.5 Å². The molecule has 1 aliphatic rings. The number of nitrogens with zero attached hydrogens (tertiary/aromatic N) is 3. The van der Waals surface area contributed by atoms with E-state index in [9.17, 15) is 32.7 Å². The van der Waals surface area contributed by atoms with E-state index in [1.165, 1.54) is 29.2 Å². The van der Waals surface area contributed by atoms with Crippen molar-refractivity contribution in [2.45, 2.75) is 65.6 Å². The third kappa shape index (κ3) is 9.44. The highest BCUT2D eigenvalue weighted by Crippen LogP contribution is 2.39. The number of amides is 4. The van der Waals surface area contributed by atoms with E-state index < -0.39 is 29.2 Å². The summed E-state index contributed by atoms with van der Waals surface area (Å²) in [7, 11) is 3.97. The first kappa shape index (κ1) is 35.6. The van der Waals surface area contributed by atoms with Crippen LogP contribution in [0.25, 0.3) is 0 Å². The molecule has 2 aromatic rings. The van der Waals surface area contributed by atoms with Gasteiger partial charge in [0, 0.05) is 31.7 Å². The summed E-state index contributed by atoms with van der Waals surface area (Å²) in [6.07, 6.45) is -1.71. The van der Waals surface area contributed by atoms with E-state index in [0.29, 0.717) is 50.0 Å². The van der Waals surface area contributed by atoms with Crippen molar-refractivity contribution in [2.24, 2.45) is 5.41 Å². The number of imide groups is 1. The van der Waals surface area contributed by atoms with E-state index >= 15 is 0 Å². The Labute approximate surface area is 252 Å². The van der Waals surface area contributed by atoms with Gasteiger partial charge in [-0.2, -0.15) is 13.2 Å². The number of halogens is 3. The lowest BCUT2D eigenvalue weighted by atomic mass is 9.74. The van der Waals surface area contributed by atoms with Gasteiger partial charge in [-0.3, -0.25) is 14.5 Å². The van der Waals surface area contributed by atoms with Crippen molar-refractivity contribution in [2.75, 3.05) is 40.3 Å². The fraction of sp³-hybridized carbons (Fsp3) is 0.531. The fourth-order valence-electron chi connectivity index (χ4n) is 4.83. The Balaban J connectivity index is 0.000000329. The second kappa shape index (κ2) is 15.7. The summed E-state index contributed by atoms with van der Waals surface area (Å²) in [5.41, 5.74) is 0.0321. The molecule has 238 valence electrons. The van der Waals surface area contributed by atoms with Gasteiger partial charge in [0.05, 0.1) is 17.0 Å². The zero-order valence-corrected chi connectivity index (χ0v) is 26.0. The molecule has 2 aromatic carbocycles. The monoisotopic (exact) mass is 606 g/mol. The summed E-state index contributed by atoms with van der Waals surface area (Å²) < 4.78 is 38.1. The lowest BCUT2D eigenvalue weighted by molar-refractivity contribution is -0.155. The van der Waals surface area contributed by atoms with Crippen LogP contribution in [0, 0.1) is 5.41 Å². The van der Waals surface area contributed by atoms with Gasteiger partial charge in [-0.05, 0) is 82.2 Å². The smallest absolute Gasteiger partial charge is 0.416 e. The number of rotatable bonds is 11. The molecule has 8 nitrogen and oxygen atoms in total. The molecule has 1 fully saturated rings. The number of carbonyl (C=O) groups excluding carboxylic acids is 3. The van der Waals surface area contributed by atoms with Gasteiger partial charge < -0.3 is 20.2 Å². The van der Waals surface area contributed by atoms with E-state index in [1.54, 1.807) is 17.0 Å². The highest BCUT2D eigenvalue weighted by atomic mass is 19.4. The highest BCUT2D eigenvalue weighted by molar-refractivity contribution is 6.02. The number of phenolic OH excluding ortho intramolecular Hbond substituents is 1. The van der Waals surface area contributed by atoms with Crippen LogP contribution in [0.3, 0.4) is 0 Å². The lowest BCUT2D eigenvalue weighted by Crippen LogP contribution is -2.65. The standard InChI is InChI=1S/C19H25F3N2O2.C13H20N2O2/c1-4-7-15(13-8-10-14(11-9-13)19(20,21)22)23-17(26)24-12-18(5-2,6-3)16(24)25;1-4-15(10-9-14(2)3)13(17)11-5-7-12(16)8-6-11/h8-11,15H,4-7,12H2,1-3H3,(H,23,26);5-8,16H,4,9-10H2,1-3H3. The van der Waals surface area contributed by atoms with Crippen molar-refractivity contribution in [3.8, 4) is 5.75 Å². The summed E-state index contributed by atoms with van der Waals surface area (Å²) in [6, 6.07) is 10.2. The van der Waals surface area contributed by atoms with Crippen LogP contribution < -0.4 is 5.32 Å². The van der Waals surface area contributed by atoms with Crippen LogP contribution in [0.5, 0.6) is 5.75 Å². The molecule has 0 radical (unpaired) electrons. The number of aromatic hydroxyl groups is 1. The molecule has 2 N–H and O–H groups in total. The van der Waals surface area contributed by atoms with Gasteiger partial charge in [-0.25, -0.2) is 4.79 Å². The molecule has 0 aliphatic carbocycles. The van der Waals surface area contributed by atoms with E-state index in [4.69, 9.17) is 0 Å². The molecule has 1 aliphatic heterocycles. The first-order chi connectivity index (χ1) is 20.2. The Morgan fingerprint density at radius 1 is 0.977 bits per heavy atom. The summed E-state index contributed by atoms with van der Waals surface area (Å²) in [5, 5.41) is 12.0. The molecule has 1 unspecified atom stereocenters. The molecule has 3 rings (SSSR count). The first-order valence-electron chi connectivity index (χ1n) is 14.8.